The predicted molar refractivity (Wildman–Crippen MR) is 49.1 cm³/mol. The predicted octanol–water partition coefficient (Wildman–Crippen LogP) is 0.513. The Morgan fingerprint density at radius 3 is 2.50 bits per heavy atom. The van der Waals surface area contributed by atoms with E-state index in [-0.39, 0.29) is 23.4 Å². The molecule has 8 heteroatoms. The average Bonchev–Trinajstić information content (AvgIpc) is 2.19. The second-order valence-electron chi connectivity index (χ2n) is 2.89. The van der Waals surface area contributed by atoms with Gasteiger partial charge in [-0.3, -0.25) is 0 Å². The van der Waals surface area contributed by atoms with Crippen molar-refractivity contribution in [3.8, 4) is 5.88 Å². The van der Waals surface area contributed by atoms with Gasteiger partial charge in [-0.25, -0.2) is 4.98 Å². The van der Waals surface area contributed by atoms with Crippen LogP contribution in [0.5, 0.6) is 5.88 Å². The van der Waals surface area contributed by atoms with E-state index in [2.05, 4.69) is 9.72 Å². The molecule has 0 bridgehead atoms. The molecule has 0 fully saturated rings. The molecule has 16 heavy (non-hydrogen) atoms. The molecule has 1 heterocycles. The minimum Gasteiger partial charge on any atom is -0.394 e. The minimum absolute atomic E-state index is 0.113. The molecule has 0 saturated heterocycles. The zero-order valence-electron chi connectivity index (χ0n) is 8.08. The maximum Gasteiger partial charge on any atom is 0.574 e. The van der Waals surface area contributed by atoms with E-state index in [1.165, 1.54) is 0 Å². The van der Waals surface area contributed by atoms with E-state index in [4.69, 9.17) is 16.6 Å². The van der Waals surface area contributed by atoms with Crippen molar-refractivity contribution < 1.29 is 23.0 Å². The number of rotatable bonds is 3. The third-order valence-corrected chi connectivity index (χ3v) is 1.87. The van der Waals surface area contributed by atoms with Crippen LogP contribution >= 0.6 is 0 Å². The van der Waals surface area contributed by atoms with Crippen LogP contribution in [0.15, 0.2) is 6.20 Å². The summed E-state index contributed by atoms with van der Waals surface area (Å²) in [6, 6.07) is 0. The Kier molecular flexibility index (Phi) is 3.55. The molecule has 0 aliphatic carbocycles. The van der Waals surface area contributed by atoms with E-state index in [1.807, 2.05) is 0 Å². The van der Waals surface area contributed by atoms with Crippen LogP contribution in [0.4, 0.5) is 18.9 Å². The average molecular weight is 237 g/mol. The number of ether oxygens (including phenoxy) is 1. The molecule has 1 aromatic rings. The van der Waals surface area contributed by atoms with Crippen LogP contribution in [0.25, 0.3) is 0 Å². The first-order valence-electron chi connectivity index (χ1n) is 4.22. The molecule has 0 saturated carbocycles. The quantitative estimate of drug-likeness (QED) is 0.712. The fraction of sp³-hybridized carbons (Fsp3) is 0.375. The lowest BCUT2D eigenvalue weighted by Gasteiger charge is -2.14. The van der Waals surface area contributed by atoms with Gasteiger partial charge in [0.15, 0.2) is 0 Å². The van der Waals surface area contributed by atoms with Crippen molar-refractivity contribution in [1.82, 2.24) is 4.98 Å². The van der Waals surface area contributed by atoms with E-state index in [1.54, 1.807) is 0 Å². The number of aliphatic hydroxyl groups excluding tert-OH is 1. The van der Waals surface area contributed by atoms with E-state index in [0.717, 1.165) is 6.20 Å². The molecule has 0 aromatic carbocycles. The molecule has 0 atom stereocenters. The Morgan fingerprint density at radius 1 is 1.44 bits per heavy atom. The van der Waals surface area contributed by atoms with Crippen LogP contribution in [0, 0.1) is 0 Å². The molecular weight excluding hydrogens is 227 g/mol. The maximum absolute atomic E-state index is 11.9. The van der Waals surface area contributed by atoms with Gasteiger partial charge in [0.1, 0.15) is 0 Å². The van der Waals surface area contributed by atoms with Crippen molar-refractivity contribution in [1.29, 1.82) is 0 Å². The van der Waals surface area contributed by atoms with E-state index in [9.17, 15) is 13.2 Å². The lowest BCUT2D eigenvalue weighted by Crippen LogP contribution is -2.20. The summed E-state index contributed by atoms with van der Waals surface area (Å²) < 4.78 is 39.4. The number of aliphatic hydroxyl groups is 1. The summed E-state index contributed by atoms with van der Waals surface area (Å²) in [6.07, 6.45) is -3.83. The zero-order chi connectivity index (χ0) is 12.3. The Labute approximate surface area is 88.8 Å². The molecule has 1 rings (SSSR count). The summed E-state index contributed by atoms with van der Waals surface area (Å²) in [5, 5.41) is 8.88. The number of halogens is 3. The molecule has 5 nitrogen and oxygen atoms in total. The smallest absolute Gasteiger partial charge is 0.394 e. The number of hydrogen-bond donors (Lipinski definition) is 3. The summed E-state index contributed by atoms with van der Waals surface area (Å²) in [7, 11) is 0. The fourth-order valence-electron chi connectivity index (χ4n) is 1.15. The molecule has 90 valence electrons. The van der Waals surface area contributed by atoms with Crippen LogP contribution in [-0.4, -0.2) is 16.5 Å². The van der Waals surface area contributed by atoms with Crippen molar-refractivity contribution in [2.24, 2.45) is 5.73 Å². The van der Waals surface area contributed by atoms with Crippen LogP contribution in [0.2, 0.25) is 0 Å². The fourth-order valence-corrected chi connectivity index (χ4v) is 1.15. The number of hydrogen-bond acceptors (Lipinski definition) is 5. The summed E-state index contributed by atoms with van der Waals surface area (Å²) in [4.78, 5) is 3.36. The number of aromatic nitrogens is 1. The monoisotopic (exact) mass is 237 g/mol. The topological polar surface area (TPSA) is 94.4 Å². The van der Waals surface area contributed by atoms with E-state index >= 15 is 0 Å². The molecular formula is C8H10F3N3O2. The first-order chi connectivity index (χ1) is 7.39. The molecule has 0 unspecified atom stereocenters. The van der Waals surface area contributed by atoms with Crippen molar-refractivity contribution in [3.05, 3.63) is 17.3 Å². The number of anilines is 1. The van der Waals surface area contributed by atoms with Gasteiger partial charge in [0.2, 0.25) is 5.88 Å². The van der Waals surface area contributed by atoms with Gasteiger partial charge in [0.05, 0.1) is 12.3 Å². The van der Waals surface area contributed by atoms with Gasteiger partial charge in [0, 0.05) is 23.9 Å². The Morgan fingerprint density at radius 2 is 2.06 bits per heavy atom. The Hall–Kier alpha value is -1.54. The number of nitrogens with two attached hydrogens (primary N) is 2. The van der Waals surface area contributed by atoms with Crippen LogP contribution in [0.1, 0.15) is 11.1 Å². The minimum atomic E-state index is -4.87. The summed E-state index contributed by atoms with van der Waals surface area (Å²) >= 11 is 0. The first kappa shape index (κ1) is 12.5. The van der Waals surface area contributed by atoms with Crippen molar-refractivity contribution >= 4 is 5.69 Å². The standard InChI is InChI=1S/C8H10F3N3O2/c9-8(10,11)16-7-6(13)5(1-12)4(3-15)2-14-7/h2,15H,1,3,12-13H2. The van der Waals surface area contributed by atoms with Crippen molar-refractivity contribution in [2.45, 2.75) is 19.5 Å². The highest BCUT2D eigenvalue weighted by molar-refractivity contribution is 5.57. The first-order valence-corrected chi connectivity index (χ1v) is 4.22. The lowest BCUT2D eigenvalue weighted by atomic mass is 10.1. The SMILES string of the molecule is NCc1c(CO)cnc(OC(F)(F)F)c1N. The van der Waals surface area contributed by atoms with Gasteiger partial charge in [-0.15, -0.1) is 13.2 Å². The van der Waals surface area contributed by atoms with Gasteiger partial charge < -0.3 is 21.3 Å². The van der Waals surface area contributed by atoms with Gasteiger partial charge in [-0.1, -0.05) is 0 Å². The number of pyridine rings is 1. The molecule has 0 spiro atoms. The maximum atomic E-state index is 11.9. The number of nitrogen functional groups attached to an aromatic ring is 1. The van der Waals surface area contributed by atoms with Crippen LogP contribution in [-0.2, 0) is 13.2 Å². The molecule has 0 amide bonds. The second kappa shape index (κ2) is 4.54. The van der Waals surface area contributed by atoms with Gasteiger partial charge in [0.25, 0.3) is 0 Å². The van der Waals surface area contributed by atoms with E-state index < -0.39 is 18.8 Å². The van der Waals surface area contributed by atoms with Crippen LogP contribution < -0.4 is 16.2 Å². The zero-order valence-corrected chi connectivity index (χ0v) is 8.08. The summed E-state index contributed by atoms with van der Waals surface area (Å²) in [5.41, 5.74) is 10.9. The molecule has 0 aliphatic rings. The summed E-state index contributed by atoms with van der Waals surface area (Å²) in [5.74, 6) is -0.759. The van der Waals surface area contributed by atoms with E-state index in [0.29, 0.717) is 0 Å². The third-order valence-electron chi connectivity index (χ3n) is 1.87. The molecule has 5 N–H and O–H groups in total. The molecule has 0 aliphatic heterocycles. The largest absolute Gasteiger partial charge is 0.574 e. The summed E-state index contributed by atoms with van der Waals surface area (Å²) in [6.45, 7) is -0.519. The highest BCUT2D eigenvalue weighted by Gasteiger charge is 2.33. The molecule has 0 radical (unpaired) electrons. The van der Waals surface area contributed by atoms with Crippen molar-refractivity contribution in [3.63, 3.8) is 0 Å². The number of alkyl halides is 3. The highest BCUT2D eigenvalue weighted by atomic mass is 19.4. The van der Waals surface area contributed by atoms with Crippen LogP contribution in [0.3, 0.4) is 0 Å². The Bertz CT molecular complexity index is 382. The van der Waals surface area contributed by atoms with Crippen molar-refractivity contribution in [2.75, 3.05) is 5.73 Å². The second-order valence-corrected chi connectivity index (χ2v) is 2.89. The molecule has 1 aromatic heterocycles. The Balaban J connectivity index is 3.14. The third kappa shape index (κ3) is 2.74. The van der Waals surface area contributed by atoms with Gasteiger partial charge in [-0.2, -0.15) is 0 Å². The number of nitrogens with zero attached hydrogens (tertiary/aromatic N) is 1. The highest BCUT2D eigenvalue weighted by Crippen LogP contribution is 2.30. The normalized spacial score (nSPS) is 11.6. The van der Waals surface area contributed by atoms with Gasteiger partial charge in [-0.05, 0) is 0 Å². The lowest BCUT2D eigenvalue weighted by molar-refractivity contribution is -0.275. The van der Waals surface area contributed by atoms with Gasteiger partial charge >= 0.3 is 6.36 Å².